The molecule has 3 heterocycles. The summed E-state index contributed by atoms with van der Waals surface area (Å²) in [5.74, 6) is 0. The predicted molar refractivity (Wildman–Crippen MR) is 60.5 cm³/mol. The molecule has 3 nitrogen and oxygen atoms in total. The van der Waals surface area contributed by atoms with Gasteiger partial charge in [-0.2, -0.15) is 0 Å². The summed E-state index contributed by atoms with van der Waals surface area (Å²) in [4.78, 5) is 0. The van der Waals surface area contributed by atoms with Crippen LogP contribution in [-0.2, 0) is 14.2 Å². The van der Waals surface area contributed by atoms with Gasteiger partial charge in [-0.25, -0.2) is 0 Å². The van der Waals surface area contributed by atoms with Crippen LogP contribution in [0.2, 0.25) is 0 Å². The predicted octanol–water partition coefficient (Wildman–Crippen LogP) is 2.28. The molecule has 3 aliphatic heterocycles. The van der Waals surface area contributed by atoms with Gasteiger partial charge in [0.25, 0.3) is 0 Å². The third-order valence-electron chi connectivity index (χ3n) is 4.31. The third-order valence-corrected chi connectivity index (χ3v) is 4.31. The first kappa shape index (κ1) is 11.0. The van der Waals surface area contributed by atoms with E-state index >= 15 is 0 Å². The normalized spacial score (nSPS) is 47.4. The van der Waals surface area contributed by atoms with Crippen LogP contribution in [0.4, 0.5) is 0 Å². The van der Waals surface area contributed by atoms with Gasteiger partial charge in [0.05, 0.1) is 30.5 Å². The van der Waals surface area contributed by atoms with Gasteiger partial charge in [-0.05, 0) is 39.0 Å². The van der Waals surface area contributed by atoms with Crippen LogP contribution < -0.4 is 0 Å². The molecule has 4 atom stereocenters. The van der Waals surface area contributed by atoms with Gasteiger partial charge in [-0.15, -0.1) is 0 Å². The van der Waals surface area contributed by atoms with Crippen LogP contribution in [-0.4, -0.2) is 37.1 Å². The van der Waals surface area contributed by atoms with Gasteiger partial charge in [0.1, 0.15) is 0 Å². The molecule has 3 fully saturated rings. The fourth-order valence-electron chi connectivity index (χ4n) is 3.24. The molecule has 0 amide bonds. The average Bonchev–Trinajstić information content (AvgIpc) is 2.83. The van der Waals surface area contributed by atoms with Crippen LogP contribution in [0.5, 0.6) is 0 Å². The summed E-state index contributed by atoms with van der Waals surface area (Å²) >= 11 is 0. The van der Waals surface area contributed by atoms with Crippen LogP contribution in [0, 0.1) is 0 Å². The van der Waals surface area contributed by atoms with Gasteiger partial charge in [0.15, 0.2) is 0 Å². The summed E-state index contributed by atoms with van der Waals surface area (Å²) < 4.78 is 17.7. The van der Waals surface area contributed by atoms with E-state index in [9.17, 15) is 0 Å². The molecular formula is C13H22O3. The van der Waals surface area contributed by atoms with Crippen LogP contribution in [0.1, 0.15) is 45.4 Å². The van der Waals surface area contributed by atoms with Crippen LogP contribution in [0.3, 0.4) is 0 Å². The van der Waals surface area contributed by atoms with Crippen molar-refractivity contribution in [1.82, 2.24) is 0 Å². The van der Waals surface area contributed by atoms with Crippen molar-refractivity contribution < 1.29 is 14.2 Å². The molecule has 0 radical (unpaired) electrons. The Kier molecular flexibility index (Phi) is 2.94. The molecule has 0 aromatic heterocycles. The first-order chi connectivity index (χ1) is 7.76. The highest BCUT2D eigenvalue weighted by Gasteiger charge is 2.51. The highest BCUT2D eigenvalue weighted by molar-refractivity contribution is 5.00. The molecule has 0 aromatic carbocycles. The van der Waals surface area contributed by atoms with Crippen molar-refractivity contribution in [2.45, 2.75) is 69.4 Å². The Morgan fingerprint density at radius 3 is 2.88 bits per heavy atom. The summed E-state index contributed by atoms with van der Waals surface area (Å²) in [5, 5.41) is 0. The van der Waals surface area contributed by atoms with Gasteiger partial charge in [-0.3, -0.25) is 0 Å². The minimum absolute atomic E-state index is 0.000661. The van der Waals surface area contributed by atoms with Crippen molar-refractivity contribution in [3.63, 3.8) is 0 Å². The fourth-order valence-corrected chi connectivity index (χ4v) is 3.24. The topological polar surface area (TPSA) is 27.7 Å². The van der Waals surface area contributed by atoms with Crippen molar-refractivity contribution in [2.75, 3.05) is 13.2 Å². The van der Waals surface area contributed by atoms with Crippen LogP contribution in [0.15, 0.2) is 0 Å². The Hall–Kier alpha value is -0.120. The SMILES string of the molecule is CC12CCC(CC1OCC1CCCCO1)O2. The lowest BCUT2D eigenvalue weighted by atomic mass is 9.87. The third kappa shape index (κ3) is 2.01. The first-order valence-electron chi connectivity index (χ1n) is 6.67. The molecule has 3 rings (SSSR count). The molecule has 2 bridgehead atoms. The van der Waals surface area contributed by atoms with E-state index in [4.69, 9.17) is 14.2 Å². The molecule has 0 saturated carbocycles. The van der Waals surface area contributed by atoms with Gasteiger partial charge in [0, 0.05) is 13.0 Å². The van der Waals surface area contributed by atoms with E-state index in [1.54, 1.807) is 0 Å². The smallest absolute Gasteiger partial charge is 0.0920 e. The Balaban J connectivity index is 1.48. The molecular weight excluding hydrogens is 204 g/mol. The number of rotatable bonds is 3. The molecule has 4 unspecified atom stereocenters. The van der Waals surface area contributed by atoms with E-state index in [0.29, 0.717) is 18.3 Å². The standard InChI is InChI=1S/C13H22O3/c1-13-6-5-10(16-13)8-12(13)15-9-11-4-2-3-7-14-11/h10-12H,2-9H2,1H3. The van der Waals surface area contributed by atoms with Crippen molar-refractivity contribution in [3.8, 4) is 0 Å². The molecule has 0 N–H and O–H groups in total. The second-order valence-corrected chi connectivity index (χ2v) is 5.64. The number of fused-ring (bicyclic) bond motifs is 2. The molecule has 3 heteroatoms. The summed E-state index contributed by atoms with van der Waals surface area (Å²) in [7, 11) is 0. The van der Waals surface area contributed by atoms with Crippen molar-refractivity contribution >= 4 is 0 Å². The maximum Gasteiger partial charge on any atom is 0.0920 e. The molecule has 0 aliphatic carbocycles. The number of hydrogen-bond acceptors (Lipinski definition) is 3. The van der Waals surface area contributed by atoms with Crippen LogP contribution in [0.25, 0.3) is 0 Å². The number of hydrogen-bond donors (Lipinski definition) is 0. The highest BCUT2D eigenvalue weighted by atomic mass is 16.6. The minimum Gasteiger partial charge on any atom is -0.376 e. The van der Waals surface area contributed by atoms with Crippen molar-refractivity contribution in [3.05, 3.63) is 0 Å². The van der Waals surface area contributed by atoms with Gasteiger partial charge < -0.3 is 14.2 Å². The van der Waals surface area contributed by atoms with Gasteiger partial charge in [0.2, 0.25) is 0 Å². The summed E-state index contributed by atoms with van der Waals surface area (Å²) in [6.45, 7) is 3.87. The second-order valence-electron chi connectivity index (χ2n) is 5.64. The Morgan fingerprint density at radius 1 is 1.31 bits per heavy atom. The molecule has 92 valence electrons. The second kappa shape index (κ2) is 4.28. The van der Waals surface area contributed by atoms with E-state index in [2.05, 4.69) is 6.92 Å². The number of ether oxygens (including phenoxy) is 3. The molecule has 16 heavy (non-hydrogen) atoms. The zero-order valence-electron chi connectivity index (χ0n) is 10.1. The van der Waals surface area contributed by atoms with Crippen molar-refractivity contribution in [1.29, 1.82) is 0 Å². The van der Waals surface area contributed by atoms with Crippen LogP contribution >= 0.6 is 0 Å². The van der Waals surface area contributed by atoms with Crippen molar-refractivity contribution in [2.24, 2.45) is 0 Å². The molecule has 0 aromatic rings. The molecule has 0 spiro atoms. The van der Waals surface area contributed by atoms with Gasteiger partial charge >= 0.3 is 0 Å². The Labute approximate surface area is 97.4 Å². The average molecular weight is 226 g/mol. The largest absolute Gasteiger partial charge is 0.376 e. The fraction of sp³-hybridized carbons (Fsp3) is 1.00. The Morgan fingerprint density at radius 2 is 2.25 bits per heavy atom. The first-order valence-corrected chi connectivity index (χ1v) is 6.67. The Bertz CT molecular complexity index is 250. The molecule has 3 aliphatic rings. The maximum absolute atomic E-state index is 6.03. The minimum atomic E-state index is -0.000661. The lowest BCUT2D eigenvalue weighted by Gasteiger charge is -2.31. The van der Waals surface area contributed by atoms with E-state index in [1.165, 1.54) is 19.3 Å². The summed E-state index contributed by atoms with van der Waals surface area (Å²) in [5.41, 5.74) is -0.000661. The van der Waals surface area contributed by atoms with E-state index < -0.39 is 0 Å². The monoisotopic (exact) mass is 226 g/mol. The van der Waals surface area contributed by atoms with E-state index in [-0.39, 0.29) is 5.60 Å². The zero-order chi connectivity index (χ0) is 11.0. The quantitative estimate of drug-likeness (QED) is 0.739. The lowest BCUT2D eigenvalue weighted by molar-refractivity contribution is -0.104. The summed E-state index contributed by atoms with van der Waals surface area (Å²) in [6, 6.07) is 0. The molecule has 3 saturated heterocycles. The maximum atomic E-state index is 6.03. The van der Waals surface area contributed by atoms with E-state index in [0.717, 1.165) is 32.5 Å². The summed E-state index contributed by atoms with van der Waals surface area (Å²) in [6.07, 6.45) is 8.22. The van der Waals surface area contributed by atoms with Gasteiger partial charge in [-0.1, -0.05) is 0 Å². The van der Waals surface area contributed by atoms with E-state index in [1.807, 2.05) is 0 Å². The highest BCUT2D eigenvalue weighted by Crippen LogP contribution is 2.44. The zero-order valence-corrected chi connectivity index (χ0v) is 10.1. The lowest BCUT2D eigenvalue weighted by Crippen LogP contribution is -2.39.